The van der Waals surface area contributed by atoms with Gasteiger partial charge in [0.25, 0.3) is 5.91 Å². The van der Waals surface area contributed by atoms with Crippen LogP contribution in [0.3, 0.4) is 0 Å². The predicted molar refractivity (Wildman–Crippen MR) is 216 cm³/mol. The van der Waals surface area contributed by atoms with Crippen molar-refractivity contribution < 1.29 is 29.3 Å². The van der Waals surface area contributed by atoms with Crippen LogP contribution in [0.25, 0.3) is 10.9 Å². The van der Waals surface area contributed by atoms with E-state index in [4.69, 9.17) is 9.47 Å². The van der Waals surface area contributed by atoms with Crippen molar-refractivity contribution in [1.29, 1.82) is 0 Å². The number of aromatic hydroxyl groups is 1. The molecular formula is C45H49N5O7. The number of aliphatic hydroxyl groups excluding tert-OH is 1. The van der Waals surface area contributed by atoms with Gasteiger partial charge in [0, 0.05) is 62.2 Å². The zero-order chi connectivity index (χ0) is 39.3. The highest BCUT2D eigenvalue weighted by Crippen LogP contribution is 2.32. The summed E-state index contributed by atoms with van der Waals surface area (Å²) in [6, 6.07) is 31.0. The third kappa shape index (κ3) is 8.99. The zero-order valence-corrected chi connectivity index (χ0v) is 31.8. The molecule has 3 fully saturated rings. The molecular weight excluding hydrogens is 723 g/mol. The number of alkyl carbamates (subject to hydrolysis) is 1. The van der Waals surface area contributed by atoms with Gasteiger partial charge in [-0.2, -0.15) is 0 Å². The molecule has 0 radical (unpaired) electrons. The maximum absolute atomic E-state index is 13.4. The second-order valence-electron chi connectivity index (χ2n) is 15.5. The van der Waals surface area contributed by atoms with Crippen LogP contribution in [0, 0.1) is 11.8 Å². The smallest absolute Gasteiger partial charge is 0.408 e. The van der Waals surface area contributed by atoms with E-state index in [1.807, 2.05) is 83.8 Å². The number of phenols is 1. The van der Waals surface area contributed by atoms with Crippen molar-refractivity contribution in [3.63, 3.8) is 0 Å². The van der Waals surface area contributed by atoms with E-state index >= 15 is 0 Å². The van der Waals surface area contributed by atoms with Crippen molar-refractivity contribution in [2.24, 2.45) is 11.8 Å². The topological polar surface area (TPSA) is 156 Å². The number of benzene rings is 4. The summed E-state index contributed by atoms with van der Waals surface area (Å²) in [6.45, 7) is 5.48. The highest BCUT2D eigenvalue weighted by atomic mass is 16.6. The SMILES string of the molecule is O=C(N[C@@H](c1ccccc1)c1cccc(OCC2CCN(C(=O)c3ccc(CNC[C@H](O)c4ccc(O)c5[nH]c(=O)ccc45)cc3)CC2)c1)OC1CN2CCC1C2. The lowest BCUT2D eigenvalue weighted by Crippen LogP contribution is -2.39. The monoisotopic (exact) mass is 771 g/mol. The lowest BCUT2D eigenvalue weighted by atomic mass is 9.97. The summed E-state index contributed by atoms with van der Waals surface area (Å²) in [5.41, 5.74) is 4.04. The first-order chi connectivity index (χ1) is 27.8. The molecule has 0 spiro atoms. The molecule has 3 saturated heterocycles. The van der Waals surface area contributed by atoms with Crippen LogP contribution in [0.1, 0.15) is 64.0 Å². The maximum atomic E-state index is 13.4. The van der Waals surface area contributed by atoms with Crippen molar-refractivity contribution in [3.05, 3.63) is 141 Å². The first-order valence-corrected chi connectivity index (χ1v) is 19.9. The van der Waals surface area contributed by atoms with Crippen LogP contribution >= 0.6 is 0 Å². The molecule has 5 atom stereocenters. The fraction of sp³-hybridized carbons (Fsp3) is 0.356. The minimum Gasteiger partial charge on any atom is -0.506 e. The first-order valence-electron chi connectivity index (χ1n) is 19.9. The molecule has 57 heavy (non-hydrogen) atoms. The number of pyridine rings is 1. The van der Waals surface area contributed by atoms with Gasteiger partial charge in [-0.25, -0.2) is 4.79 Å². The maximum Gasteiger partial charge on any atom is 0.408 e. The molecule has 0 saturated carbocycles. The van der Waals surface area contributed by atoms with Crippen LogP contribution in [0.4, 0.5) is 4.79 Å². The number of hydrogen-bond donors (Lipinski definition) is 5. The number of hydrogen-bond acceptors (Lipinski definition) is 9. The molecule has 12 heteroatoms. The lowest BCUT2D eigenvalue weighted by molar-refractivity contribution is 0.0659. The Hall–Kier alpha value is -5.69. The fourth-order valence-electron chi connectivity index (χ4n) is 8.42. The van der Waals surface area contributed by atoms with Gasteiger partial charge in [0.05, 0.1) is 24.3 Å². The molecule has 1 aromatic heterocycles. The lowest BCUT2D eigenvalue weighted by Gasteiger charge is -2.32. The summed E-state index contributed by atoms with van der Waals surface area (Å²) in [6.07, 6.45) is 1.42. The molecule has 3 unspecified atom stereocenters. The zero-order valence-electron chi connectivity index (χ0n) is 31.8. The van der Waals surface area contributed by atoms with Gasteiger partial charge in [0.1, 0.15) is 17.6 Å². The highest BCUT2D eigenvalue weighted by Gasteiger charge is 2.40. The Morgan fingerprint density at radius 3 is 2.40 bits per heavy atom. The molecule has 5 N–H and O–H groups in total. The third-order valence-electron chi connectivity index (χ3n) is 11.6. The van der Waals surface area contributed by atoms with Crippen molar-refractivity contribution in [2.45, 2.75) is 44.1 Å². The number of fused-ring (bicyclic) bond motifs is 3. The van der Waals surface area contributed by atoms with E-state index in [0.717, 1.165) is 61.3 Å². The van der Waals surface area contributed by atoms with Crippen LogP contribution < -0.4 is 20.9 Å². The van der Waals surface area contributed by atoms with E-state index in [1.165, 1.54) is 12.1 Å². The van der Waals surface area contributed by atoms with Crippen LogP contribution in [0.5, 0.6) is 11.5 Å². The molecule has 296 valence electrons. The summed E-state index contributed by atoms with van der Waals surface area (Å²) < 4.78 is 12.2. The van der Waals surface area contributed by atoms with E-state index in [9.17, 15) is 24.6 Å². The molecule has 3 aliphatic heterocycles. The number of ether oxygens (including phenoxy) is 2. The number of aromatic nitrogens is 1. The molecule has 0 aliphatic carbocycles. The number of carbonyl (C=O) groups is 2. The minimum atomic E-state index is -0.861. The Kier molecular flexibility index (Phi) is 11.5. The van der Waals surface area contributed by atoms with E-state index in [-0.39, 0.29) is 35.9 Å². The van der Waals surface area contributed by atoms with E-state index in [1.54, 1.807) is 12.1 Å². The van der Waals surface area contributed by atoms with Crippen LogP contribution in [0.15, 0.2) is 108 Å². The van der Waals surface area contributed by atoms with Gasteiger partial charge < -0.3 is 40.2 Å². The standard InChI is InChI=1S/C45H49N5O7/c51-38-15-13-36(37-14-16-41(53)47-43(37)38)39(52)25-46-24-29-9-11-32(12-10-29)44(54)50-21-17-30(18-22-50)28-56-35-8-4-7-33(23-35)42(31-5-2-1-3-6-31)48-45(55)57-40-27-49-20-19-34(40)26-49/h1-16,23,30,34,39-40,42,46,51-52H,17-22,24-28H2,(H,47,53)(H,48,55)/t34?,39-,40?,42-/m0/s1. The van der Waals surface area contributed by atoms with Gasteiger partial charge >= 0.3 is 6.09 Å². The number of aliphatic hydroxyl groups is 1. The molecule has 4 heterocycles. The third-order valence-corrected chi connectivity index (χ3v) is 11.6. The molecule has 4 aromatic carbocycles. The van der Waals surface area contributed by atoms with Crippen LogP contribution in [-0.2, 0) is 11.3 Å². The average Bonchev–Trinajstić information content (AvgIpc) is 3.87. The number of aromatic amines is 1. The van der Waals surface area contributed by atoms with Gasteiger partial charge in [0.2, 0.25) is 5.56 Å². The summed E-state index contributed by atoms with van der Waals surface area (Å²) in [5, 5.41) is 28.0. The van der Waals surface area contributed by atoms with Gasteiger partial charge in [-0.1, -0.05) is 60.7 Å². The number of likely N-dealkylation sites (tertiary alicyclic amines) is 1. The number of H-pyrrole nitrogens is 1. The normalized spacial score (nSPS) is 20.3. The molecule has 5 aromatic rings. The summed E-state index contributed by atoms with van der Waals surface area (Å²) in [4.78, 5) is 45.1. The second-order valence-corrected chi connectivity index (χ2v) is 15.5. The highest BCUT2D eigenvalue weighted by molar-refractivity contribution is 5.94. The number of phenolic OH excluding ortho intramolecular Hbond substituents is 1. The molecule has 2 bridgehead atoms. The molecule has 12 nitrogen and oxygen atoms in total. The quantitative estimate of drug-likeness (QED) is 0.104. The van der Waals surface area contributed by atoms with E-state index < -0.39 is 12.2 Å². The Morgan fingerprint density at radius 2 is 1.65 bits per heavy atom. The summed E-state index contributed by atoms with van der Waals surface area (Å²) in [7, 11) is 0. The molecule has 2 amide bonds. The number of nitrogens with one attached hydrogen (secondary N) is 3. The Labute approximate surface area is 331 Å². The van der Waals surface area contributed by atoms with Crippen molar-refractivity contribution >= 4 is 22.9 Å². The number of carbonyl (C=O) groups excluding carboxylic acids is 2. The van der Waals surface area contributed by atoms with Gasteiger partial charge in [-0.15, -0.1) is 0 Å². The first kappa shape index (κ1) is 38.2. The Morgan fingerprint density at radius 1 is 0.860 bits per heavy atom. The Bertz CT molecular complexity index is 2240. The largest absolute Gasteiger partial charge is 0.506 e. The predicted octanol–water partition coefficient (Wildman–Crippen LogP) is 5.51. The van der Waals surface area contributed by atoms with Crippen molar-refractivity contribution in [1.82, 2.24) is 25.4 Å². The number of amides is 2. The second kappa shape index (κ2) is 17.2. The van der Waals surface area contributed by atoms with E-state index in [2.05, 4.69) is 20.5 Å². The van der Waals surface area contributed by atoms with Gasteiger partial charge in [0.15, 0.2) is 0 Å². The number of nitrogens with zero attached hydrogens (tertiary/aromatic N) is 2. The fourth-order valence-corrected chi connectivity index (χ4v) is 8.42. The van der Waals surface area contributed by atoms with Crippen LogP contribution in [0.2, 0.25) is 0 Å². The average molecular weight is 772 g/mol. The summed E-state index contributed by atoms with van der Waals surface area (Å²) in [5.74, 6) is 1.41. The summed E-state index contributed by atoms with van der Waals surface area (Å²) >= 11 is 0. The Balaban J connectivity index is 0.799. The molecule has 8 rings (SSSR count). The van der Waals surface area contributed by atoms with Gasteiger partial charge in [-0.05, 0) is 90.4 Å². The van der Waals surface area contributed by atoms with E-state index in [0.29, 0.717) is 60.1 Å². The van der Waals surface area contributed by atoms with Gasteiger partial charge in [-0.3, -0.25) is 14.5 Å². The van der Waals surface area contributed by atoms with Crippen molar-refractivity contribution in [2.75, 3.05) is 45.9 Å². The molecule has 3 aliphatic rings. The van der Waals surface area contributed by atoms with Crippen molar-refractivity contribution in [3.8, 4) is 11.5 Å². The number of piperidine rings is 2. The number of rotatable bonds is 13. The van der Waals surface area contributed by atoms with Crippen LogP contribution in [-0.4, -0.2) is 89.0 Å². The minimum absolute atomic E-state index is 0.00479.